The van der Waals surface area contributed by atoms with Gasteiger partial charge in [0.2, 0.25) is 0 Å². The maximum absolute atomic E-state index is 14.7. The Labute approximate surface area is 236 Å². The Kier molecular flexibility index (Phi) is 7.57. The number of nitro benzene ring substituents is 1. The van der Waals surface area contributed by atoms with Gasteiger partial charge in [0.15, 0.2) is 0 Å². The number of anilines is 1. The average molecular weight is 554 g/mol. The average Bonchev–Trinajstić information content (AvgIpc) is 3.75. The van der Waals surface area contributed by atoms with Gasteiger partial charge in [-0.25, -0.2) is 9.69 Å². The van der Waals surface area contributed by atoms with Crippen LogP contribution in [0.4, 0.5) is 16.2 Å². The zero-order valence-electron chi connectivity index (χ0n) is 22.0. The maximum atomic E-state index is 14.7. The lowest BCUT2D eigenvalue weighted by atomic mass is 9.90. The summed E-state index contributed by atoms with van der Waals surface area (Å²) in [5, 5.41) is 10.9. The standard InChI is InChI=1S/C31H27N3O5S/c1-32(21-22-9-5-3-6-10-22)30(36)33(25-17-19-27(39-2)20-18-25)29(35)31(24-11-7-4-8-12-24)28(40-31)23-13-15-26(16-14-23)34(37)38/h3-20,28H,21H2,1-2H3/t28-,31+/m0/s1. The number of nitrogens with zero attached hydrogens (tertiary/aromatic N) is 3. The number of thioether (sulfide) groups is 1. The van der Waals surface area contributed by atoms with Crippen LogP contribution in [0.2, 0.25) is 0 Å². The Balaban J connectivity index is 1.56. The molecule has 3 amide bonds. The number of hydrogen-bond donors (Lipinski definition) is 0. The van der Waals surface area contributed by atoms with E-state index in [4.69, 9.17) is 4.74 Å². The number of benzene rings is 4. The van der Waals surface area contributed by atoms with E-state index in [9.17, 15) is 19.7 Å². The second kappa shape index (κ2) is 11.2. The summed E-state index contributed by atoms with van der Waals surface area (Å²) in [6, 6.07) is 31.5. The molecular weight excluding hydrogens is 526 g/mol. The fourth-order valence-corrected chi connectivity index (χ4v) is 6.16. The minimum atomic E-state index is -1.10. The van der Waals surface area contributed by atoms with Crippen LogP contribution in [0.1, 0.15) is 21.9 Å². The number of methoxy groups -OCH3 is 1. The fraction of sp³-hybridized carbons (Fsp3) is 0.161. The van der Waals surface area contributed by atoms with Crippen molar-refractivity contribution in [2.75, 3.05) is 19.1 Å². The van der Waals surface area contributed by atoms with Crippen LogP contribution in [0.15, 0.2) is 109 Å². The Hall–Kier alpha value is -4.63. The first-order valence-corrected chi connectivity index (χ1v) is 13.5. The van der Waals surface area contributed by atoms with Crippen LogP contribution in [-0.4, -0.2) is 35.9 Å². The number of non-ortho nitro benzene ring substituents is 1. The Morgan fingerprint density at radius 1 is 0.900 bits per heavy atom. The number of nitro groups is 1. The molecule has 2 atom stereocenters. The van der Waals surface area contributed by atoms with Gasteiger partial charge in [-0.2, -0.15) is 0 Å². The minimum absolute atomic E-state index is 0.0244. The molecule has 4 aromatic rings. The van der Waals surface area contributed by atoms with Crippen LogP contribution >= 0.6 is 11.8 Å². The first kappa shape index (κ1) is 27.0. The van der Waals surface area contributed by atoms with Gasteiger partial charge in [0.1, 0.15) is 10.5 Å². The maximum Gasteiger partial charge on any atom is 0.331 e. The number of imide groups is 1. The van der Waals surface area contributed by atoms with E-state index in [-0.39, 0.29) is 16.8 Å². The lowest BCUT2D eigenvalue weighted by molar-refractivity contribution is -0.384. The second-order valence-electron chi connectivity index (χ2n) is 9.41. The lowest BCUT2D eigenvalue weighted by Gasteiger charge is -2.30. The molecule has 1 fully saturated rings. The molecule has 1 saturated heterocycles. The molecular formula is C31H27N3O5S. The first-order chi connectivity index (χ1) is 19.3. The summed E-state index contributed by atoms with van der Waals surface area (Å²) in [6.45, 7) is 0.316. The van der Waals surface area contributed by atoms with Gasteiger partial charge in [-0.3, -0.25) is 14.9 Å². The van der Waals surface area contributed by atoms with Crippen LogP contribution in [0.5, 0.6) is 5.75 Å². The van der Waals surface area contributed by atoms with Gasteiger partial charge < -0.3 is 9.64 Å². The van der Waals surface area contributed by atoms with Crippen molar-refractivity contribution in [2.24, 2.45) is 0 Å². The smallest absolute Gasteiger partial charge is 0.331 e. The molecule has 4 aromatic carbocycles. The van der Waals surface area contributed by atoms with Crippen molar-refractivity contribution in [3.05, 3.63) is 136 Å². The van der Waals surface area contributed by atoms with E-state index >= 15 is 0 Å². The number of ether oxygens (including phenoxy) is 1. The predicted octanol–water partition coefficient (Wildman–Crippen LogP) is 6.57. The predicted molar refractivity (Wildman–Crippen MR) is 155 cm³/mol. The summed E-state index contributed by atoms with van der Waals surface area (Å²) in [7, 11) is 3.22. The lowest BCUT2D eigenvalue weighted by Crippen LogP contribution is -2.49. The van der Waals surface area contributed by atoms with Gasteiger partial charge in [0.05, 0.1) is 23.0 Å². The number of amides is 3. The number of carbonyl (C=O) groups is 2. The van der Waals surface area contributed by atoms with E-state index < -0.39 is 15.7 Å². The summed E-state index contributed by atoms with van der Waals surface area (Å²) in [4.78, 5) is 42.2. The summed E-state index contributed by atoms with van der Waals surface area (Å²) < 4.78 is 4.20. The topological polar surface area (TPSA) is 93.0 Å². The molecule has 9 heteroatoms. The van der Waals surface area contributed by atoms with E-state index in [0.717, 1.165) is 16.7 Å². The molecule has 8 nitrogen and oxygen atoms in total. The van der Waals surface area contributed by atoms with Gasteiger partial charge in [0.25, 0.3) is 11.6 Å². The summed E-state index contributed by atoms with van der Waals surface area (Å²) in [5.41, 5.74) is 2.85. The molecule has 1 heterocycles. The molecule has 0 aliphatic carbocycles. The highest BCUT2D eigenvalue weighted by Crippen LogP contribution is 2.72. The van der Waals surface area contributed by atoms with Crippen molar-refractivity contribution in [3.63, 3.8) is 0 Å². The Bertz CT molecular complexity index is 1510. The normalized spacial score (nSPS) is 17.5. The zero-order valence-corrected chi connectivity index (χ0v) is 22.8. The third-order valence-electron chi connectivity index (χ3n) is 6.86. The third kappa shape index (κ3) is 5.15. The molecule has 0 radical (unpaired) electrons. The van der Waals surface area contributed by atoms with Crippen molar-refractivity contribution in [2.45, 2.75) is 16.5 Å². The summed E-state index contributed by atoms with van der Waals surface area (Å²) in [5.74, 6) is 0.214. The zero-order chi connectivity index (χ0) is 28.3. The first-order valence-electron chi connectivity index (χ1n) is 12.6. The molecule has 5 rings (SSSR count). The van der Waals surface area contributed by atoms with Gasteiger partial charge in [-0.1, -0.05) is 72.8 Å². The van der Waals surface area contributed by atoms with E-state index in [1.807, 2.05) is 60.7 Å². The van der Waals surface area contributed by atoms with Crippen LogP contribution in [0.25, 0.3) is 0 Å². The van der Waals surface area contributed by atoms with Gasteiger partial charge >= 0.3 is 6.03 Å². The van der Waals surface area contributed by atoms with E-state index in [0.29, 0.717) is 18.0 Å². The molecule has 202 valence electrons. The Morgan fingerprint density at radius 2 is 1.50 bits per heavy atom. The van der Waals surface area contributed by atoms with E-state index in [1.165, 1.54) is 33.7 Å². The van der Waals surface area contributed by atoms with Gasteiger partial charge in [-0.05, 0) is 41.0 Å². The molecule has 0 spiro atoms. The van der Waals surface area contributed by atoms with Crippen LogP contribution in [0.3, 0.4) is 0 Å². The quantitative estimate of drug-likeness (QED) is 0.139. The van der Waals surface area contributed by atoms with E-state index in [1.54, 1.807) is 50.6 Å². The molecule has 0 N–H and O–H groups in total. The van der Waals surface area contributed by atoms with Crippen LogP contribution < -0.4 is 9.64 Å². The van der Waals surface area contributed by atoms with Gasteiger partial charge in [0, 0.05) is 25.7 Å². The number of carbonyl (C=O) groups excluding carboxylic acids is 2. The molecule has 0 bridgehead atoms. The molecule has 40 heavy (non-hydrogen) atoms. The van der Waals surface area contributed by atoms with Crippen LogP contribution in [-0.2, 0) is 16.1 Å². The largest absolute Gasteiger partial charge is 0.497 e. The monoisotopic (exact) mass is 553 g/mol. The summed E-state index contributed by atoms with van der Waals surface area (Å²) in [6.07, 6.45) is 0. The molecule has 1 aliphatic heterocycles. The van der Waals surface area contributed by atoms with Crippen molar-refractivity contribution >= 4 is 35.1 Å². The molecule has 0 saturated carbocycles. The van der Waals surface area contributed by atoms with Crippen molar-refractivity contribution < 1.29 is 19.2 Å². The highest BCUT2D eigenvalue weighted by molar-refractivity contribution is 8.08. The van der Waals surface area contributed by atoms with E-state index in [2.05, 4.69) is 0 Å². The van der Waals surface area contributed by atoms with Crippen molar-refractivity contribution in [1.29, 1.82) is 0 Å². The number of urea groups is 1. The highest BCUT2D eigenvalue weighted by Gasteiger charge is 2.65. The van der Waals surface area contributed by atoms with Crippen molar-refractivity contribution in [3.8, 4) is 5.75 Å². The molecule has 0 aromatic heterocycles. The minimum Gasteiger partial charge on any atom is -0.497 e. The number of rotatable bonds is 8. The molecule has 1 aliphatic rings. The summed E-state index contributed by atoms with van der Waals surface area (Å²) >= 11 is 1.42. The van der Waals surface area contributed by atoms with Crippen LogP contribution in [0, 0.1) is 10.1 Å². The Morgan fingerprint density at radius 3 is 2.08 bits per heavy atom. The SMILES string of the molecule is COc1ccc(N(C(=O)N(C)Cc2ccccc2)C(=O)[C@]2(c3ccccc3)S[C@H]2c2ccc([N+](=O)[O-])cc2)cc1. The molecule has 0 unspecified atom stereocenters. The fourth-order valence-electron chi connectivity index (χ4n) is 4.72. The third-order valence-corrected chi connectivity index (χ3v) is 8.48. The second-order valence-corrected chi connectivity index (χ2v) is 10.8. The highest BCUT2D eigenvalue weighted by atomic mass is 32.2. The number of hydrogen-bond acceptors (Lipinski definition) is 6. The van der Waals surface area contributed by atoms with Gasteiger partial charge in [-0.15, -0.1) is 11.8 Å². The van der Waals surface area contributed by atoms with Crippen molar-refractivity contribution in [1.82, 2.24) is 4.90 Å².